The first kappa shape index (κ1) is 16.5. The van der Waals surface area contributed by atoms with E-state index < -0.39 is 6.09 Å². The van der Waals surface area contributed by atoms with Crippen LogP contribution in [-0.4, -0.2) is 33.6 Å². The second kappa shape index (κ2) is 7.39. The molecule has 0 atom stereocenters. The van der Waals surface area contributed by atoms with Crippen molar-refractivity contribution in [3.8, 4) is 0 Å². The molecular weight excluding hydrogens is 298 g/mol. The van der Waals surface area contributed by atoms with Gasteiger partial charge >= 0.3 is 6.09 Å². The van der Waals surface area contributed by atoms with Gasteiger partial charge in [0.15, 0.2) is 5.82 Å². The summed E-state index contributed by atoms with van der Waals surface area (Å²) in [5, 5.41) is 12.8. The number of aromatic nitrogens is 3. The van der Waals surface area contributed by atoms with Crippen molar-refractivity contribution < 1.29 is 14.3 Å². The van der Waals surface area contributed by atoms with Crippen LogP contribution in [0.5, 0.6) is 0 Å². The molecular formula is C15H19N5O3. The fourth-order valence-electron chi connectivity index (χ4n) is 1.91. The predicted molar refractivity (Wildman–Crippen MR) is 85.2 cm³/mol. The van der Waals surface area contributed by atoms with Gasteiger partial charge in [0.05, 0.1) is 12.8 Å². The van der Waals surface area contributed by atoms with Crippen LogP contribution in [0.2, 0.25) is 0 Å². The van der Waals surface area contributed by atoms with Crippen molar-refractivity contribution in [2.75, 3.05) is 17.2 Å². The first-order valence-electron chi connectivity index (χ1n) is 7.19. The maximum absolute atomic E-state index is 12.1. The molecule has 0 saturated heterocycles. The number of amides is 2. The second-order valence-electron chi connectivity index (χ2n) is 5.01. The zero-order chi connectivity index (χ0) is 16.8. The Balaban J connectivity index is 1.94. The Morgan fingerprint density at radius 1 is 1.26 bits per heavy atom. The van der Waals surface area contributed by atoms with Gasteiger partial charge in [0.25, 0.3) is 0 Å². The molecule has 2 N–H and O–H groups in total. The fraction of sp³-hybridized carbons (Fsp3) is 0.333. The minimum atomic E-state index is -0.612. The molecule has 2 aromatic rings. The number of anilines is 2. The van der Waals surface area contributed by atoms with E-state index in [0.717, 1.165) is 16.8 Å². The molecule has 1 aromatic carbocycles. The number of hydrogen-bond donors (Lipinski definition) is 2. The van der Waals surface area contributed by atoms with Crippen molar-refractivity contribution in [2.45, 2.75) is 27.3 Å². The second-order valence-corrected chi connectivity index (χ2v) is 5.01. The summed E-state index contributed by atoms with van der Waals surface area (Å²) < 4.78 is 6.07. The number of benzene rings is 1. The number of carbonyl (C=O) groups is 2. The van der Waals surface area contributed by atoms with E-state index in [2.05, 4.69) is 20.9 Å². The summed E-state index contributed by atoms with van der Waals surface area (Å²) in [6.07, 6.45) is 0.846. The van der Waals surface area contributed by atoms with E-state index in [1.165, 1.54) is 10.9 Å². The lowest BCUT2D eigenvalue weighted by Crippen LogP contribution is -2.19. The Morgan fingerprint density at radius 3 is 2.78 bits per heavy atom. The molecule has 0 aliphatic rings. The Bertz CT molecular complexity index is 711. The SMILES string of the molecule is CCOC(=O)Nc1cn(CC(=O)Nc2cc(C)ccc2C)nn1. The Kier molecular flexibility index (Phi) is 5.29. The highest BCUT2D eigenvalue weighted by atomic mass is 16.5. The summed E-state index contributed by atoms with van der Waals surface area (Å²) in [4.78, 5) is 23.3. The van der Waals surface area contributed by atoms with Crippen molar-refractivity contribution in [3.05, 3.63) is 35.5 Å². The van der Waals surface area contributed by atoms with Crippen LogP contribution in [-0.2, 0) is 16.1 Å². The minimum Gasteiger partial charge on any atom is -0.450 e. The maximum atomic E-state index is 12.1. The number of rotatable bonds is 5. The first-order chi connectivity index (χ1) is 11.0. The molecule has 0 saturated carbocycles. The van der Waals surface area contributed by atoms with E-state index in [-0.39, 0.29) is 24.9 Å². The van der Waals surface area contributed by atoms with E-state index in [0.29, 0.717) is 0 Å². The normalized spacial score (nSPS) is 10.2. The molecule has 0 radical (unpaired) electrons. The number of nitrogens with one attached hydrogen (secondary N) is 2. The molecule has 0 spiro atoms. The quantitative estimate of drug-likeness (QED) is 0.880. The van der Waals surface area contributed by atoms with Gasteiger partial charge in [-0.2, -0.15) is 0 Å². The van der Waals surface area contributed by atoms with Gasteiger partial charge in [-0.15, -0.1) is 5.10 Å². The van der Waals surface area contributed by atoms with Crippen molar-refractivity contribution >= 4 is 23.5 Å². The average Bonchev–Trinajstić information content (AvgIpc) is 2.90. The summed E-state index contributed by atoms with van der Waals surface area (Å²) in [5.41, 5.74) is 2.81. The molecule has 0 bridgehead atoms. The number of hydrogen-bond acceptors (Lipinski definition) is 5. The first-order valence-corrected chi connectivity index (χ1v) is 7.19. The topological polar surface area (TPSA) is 98.1 Å². The van der Waals surface area contributed by atoms with Crippen LogP contribution in [0, 0.1) is 13.8 Å². The zero-order valence-electron chi connectivity index (χ0n) is 13.3. The molecule has 0 aliphatic carbocycles. The number of nitrogens with zero attached hydrogens (tertiary/aromatic N) is 3. The lowest BCUT2D eigenvalue weighted by molar-refractivity contribution is -0.116. The molecule has 122 valence electrons. The minimum absolute atomic E-state index is 0.00904. The smallest absolute Gasteiger partial charge is 0.412 e. The summed E-state index contributed by atoms with van der Waals surface area (Å²) in [6.45, 7) is 5.84. The fourth-order valence-corrected chi connectivity index (χ4v) is 1.91. The van der Waals surface area contributed by atoms with Gasteiger partial charge in [-0.3, -0.25) is 10.1 Å². The van der Waals surface area contributed by atoms with Gasteiger partial charge in [-0.25, -0.2) is 9.48 Å². The molecule has 1 heterocycles. The van der Waals surface area contributed by atoms with E-state index >= 15 is 0 Å². The van der Waals surface area contributed by atoms with E-state index in [1.54, 1.807) is 6.92 Å². The van der Waals surface area contributed by atoms with Gasteiger partial charge in [-0.05, 0) is 38.0 Å². The predicted octanol–water partition coefficient (Wildman–Crippen LogP) is 2.10. The third kappa shape index (κ3) is 4.80. The zero-order valence-corrected chi connectivity index (χ0v) is 13.3. The molecule has 2 amide bonds. The molecule has 2 rings (SSSR count). The standard InChI is InChI=1S/C15H19N5O3/c1-4-23-15(22)17-13-8-20(19-18-13)9-14(21)16-12-7-10(2)5-6-11(12)3/h5-8H,4,9H2,1-3H3,(H,16,21)(H,17,22). The van der Waals surface area contributed by atoms with Crippen LogP contribution in [0.4, 0.5) is 16.3 Å². The van der Waals surface area contributed by atoms with Gasteiger partial charge in [-0.1, -0.05) is 17.3 Å². The molecule has 8 nitrogen and oxygen atoms in total. The summed E-state index contributed by atoms with van der Waals surface area (Å²) in [5.74, 6) is -0.00530. The molecule has 23 heavy (non-hydrogen) atoms. The molecule has 0 unspecified atom stereocenters. The Labute approximate surface area is 133 Å². The van der Waals surface area contributed by atoms with Crippen LogP contribution < -0.4 is 10.6 Å². The van der Waals surface area contributed by atoms with E-state index in [1.807, 2.05) is 32.0 Å². The van der Waals surface area contributed by atoms with Crippen LogP contribution in [0.15, 0.2) is 24.4 Å². The van der Waals surface area contributed by atoms with Crippen molar-refractivity contribution in [1.82, 2.24) is 15.0 Å². The Morgan fingerprint density at radius 2 is 2.04 bits per heavy atom. The van der Waals surface area contributed by atoms with Crippen molar-refractivity contribution in [2.24, 2.45) is 0 Å². The van der Waals surface area contributed by atoms with Gasteiger partial charge < -0.3 is 10.1 Å². The highest BCUT2D eigenvalue weighted by molar-refractivity contribution is 5.91. The molecule has 1 aromatic heterocycles. The van der Waals surface area contributed by atoms with Crippen molar-refractivity contribution in [3.63, 3.8) is 0 Å². The summed E-state index contributed by atoms with van der Waals surface area (Å²) in [6, 6.07) is 5.83. The molecule has 8 heteroatoms. The van der Waals surface area contributed by atoms with E-state index in [9.17, 15) is 9.59 Å². The molecule has 0 aliphatic heterocycles. The summed E-state index contributed by atoms with van der Waals surface area (Å²) >= 11 is 0. The lowest BCUT2D eigenvalue weighted by Gasteiger charge is -2.09. The van der Waals surface area contributed by atoms with Crippen LogP contribution >= 0.6 is 0 Å². The third-order valence-electron chi connectivity index (χ3n) is 3.02. The van der Waals surface area contributed by atoms with Gasteiger partial charge in [0, 0.05) is 5.69 Å². The highest BCUT2D eigenvalue weighted by Gasteiger charge is 2.10. The van der Waals surface area contributed by atoms with Crippen LogP contribution in [0.25, 0.3) is 0 Å². The van der Waals surface area contributed by atoms with Crippen molar-refractivity contribution in [1.29, 1.82) is 0 Å². The highest BCUT2D eigenvalue weighted by Crippen LogP contribution is 2.16. The number of ether oxygens (including phenoxy) is 1. The third-order valence-corrected chi connectivity index (χ3v) is 3.02. The van der Waals surface area contributed by atoms with Gasteiger partial charge in [0.2, 0.25) is 5.91 Å². The number of carbonyl (C=O) groups excluding carboxylic acids is 2. The van der Waals surface area contributed by atoms with E-state index in [4.69, 9.17) is 4.74 Å². The molecule has 0 fully saturated rings. The van der Waals surface area contributed by atoms with Crippen LogP contribution in [0.1, 0.15) is 18.1 Å². The summed E-state index contributed by atoms with van der Waals surface area (Å²) in [7, 11) is 0. The monoisotopic (exact) mass is 317 g/mol. The lowest BCUT2D eigenvalue weighted by atomic mass is 10.1. The number of aryl methyl sites for hydroxylation is 2. The van der Waals surface area contributed by atoms with Crippen LogP contribution in [0.3, 0.4) is 0 Å². The average molecular weight is 317 g/mol. The van der Waals surface area contributed by atoms with Gasteiger partial charge in [0.1, 0.15) is 6.54 Å². The largest absolute Gasteiger partial charge is 0.450 e. The maximum Gasteiger partial charge on any atom is 0.412 e. The Hall–Kier alpha value is -2.90.